The molecule has 2 N–H and O–H groups in total. The second kappa shape index (κ2) is 10.0. The Bertz CT molecular complexity index is 831. The van der Waals surface area contributed by atoms with Crippen molar-refractivity contribution in [3.05, 3.63) is 66.2 Å². The number of benzene rings is 2. The molecule has 0 spiro atoms. The molecule has 148 valence electrons. The lowest BCUT2D eigenvalue weighted by atomic mass is 10.2. The van der Waals surface area contributed by atoms with Gasteiger partial charge in [-0.15, -0.1) is 0 Å². The summed E-state index contributed by atoms with van der Waals surface area (Å²) in [5, 5.41) is 0. The van der Waals surface area contributed by atoms with Crippen LogP contribution in [0.1, 0.15) is 34.6 Å². The number of hydrazine groups is 1. The largest absolute Gasteiger partial charge is 0.493 e. The predicted molar refractivity (Wildman–Crippen MR) is 106 cm³/mol. The van der Waals surface area contributed by atoms with E-state index in [4.69, 9.17) is 14.2 Å². The number of ether oxygens (including phenoxy) is 3. The quantitative estimate of drug-likeness (QED) is 0.539. The molecule has 0 aliphatic heterocycles. The van der Waals surface area contributed by atoms with Gasteiger partial charge in [-0.25, -0.2) is 0 Å². The third-order valence-corrected chi connectivity index (χ3v) is 3.56. The van der Waals surface area contributed by atoms with Crippen molar-refractivity contribution < 1.29 is 23.8 Å². The molecular weight excluding hydrogens is 360 g/mol. The number of carbonyl (C=O) groups is 2. The maximum absolute atomic E-state index is 12.3. The Morgan fingerprint density at radius 1 is 1.00 bits per heavy atom. The highest BCUT2D eigenvalue weighted by Crippen LogP contribution is 2.28. The van der Waals surface area contributed by atoms with Gasteiger partial charge >= 0.3 is 0 Å². The molecule has 0 fully saturated rings. The lowest BCUT2D eigenvalue weighted by Crippen LogP contribution is -2.41. The van der Waals surface area contributed by atoms with Crippen LogP contribution in [0.15, 0.2) is 55.1 Å². The molecule has 0 radical (unpaired) electrons. The summed E-state index contributed by atoms with van der Waals surface area (Å²) >= 11 is 0. The molecule has 0 saturated carbocycles. The summed E-state index contributed by atoms with van der Waals surface area (Å²) in [7, 11) is 1.48. The van der Waals surface area contributed by atoms with Crippen LogP contribution in [0.5, 0.6) is 17.2 Å². The molecule has 7 nitrogen and oxygen atoms in total. The molecular formula is C21H24N2O5. The minimum Gasteiger partial charge on any atom is -0.493 e. The number of hydrogen-bond donors (Lipinski definition) is 2. The topological polar surface area (TPSA) is 85.9 Å². The van der Waals surface area contributed by atoms with Gasteiger partial charge in [0.15, 0.2) is 11.5 Å². The van der Waals surface area contributed by atoms with E-state index in [-0.39, 0.29) is 6.10 Å². The Balaban J connectivity index is 1.97. The molecule has 7 heteroatoms. The maximum atomic E-state index is 12.3. The molecule has 0 bridgehead atoms. The number of methoxy groups -OCH3 is 1. The van der Waals surface area contributed by atoms with Crippen LogP contribution in [-0.4, -0.2) is 31.6 Å². The minimum atomic E-state index is -0.485. The van der Waals surface area contributed by atoms with Crippen LogP contribution in [0.3, 0.4) is 0 Å². The van der Waals surface area contributed by atoms with Gasteiger partial charge in [-0.3, -0.25) is 20.4 Å². The number of rotatable bonds is 8. The number of nitrogens with one attached hydrogen (secondary N) is 2. The SMILES string of the molecule is C=CCOc1ccc(C(=O)NNC(=O)c2ccc(OC(C)C)cc2)cc1OC. The van der Waals surface area contributed by atoms with E-state index in [9.17, 15) is 9.59 Å². The second-order valence-electron chi connectivity index (χ2n) is 6.06. The smallest absolute Gasteiger partial charge is 0.269 e. The van der Waals surface area contributed by atoms with E-state index in [0.717, 1.165) is 0 Å². The average molecular weight is 384 g/mol. The molecule has 0 atom stereocenters. The fourth-order valence-electron chi connectivity index (χ4n) is 2.29. The summed E-state index contributed by atoms with van der Waals surface area (Å²) in [6.45, 7) is 7.74. The van der Waals surface area contributed by atoms with E-state index in [1.54, 1.807) is 42.5 Å². The molecule has 0 heterocycles. The Morgan fingerprint density at radius 2 is 1.61 bits per heavy atom. The van der Waals surface area contributed by atoms with E-state index in [0.29, 0.717) is 35.0 Å². The number of carbonyl (C=O) groups excluding carboxylic acids is 2. The first-order chi connectivity index (χ1) is 13.4. The van der Waals surface area contributed by atoms with Crippen LogP contribution >= 0.6 is 0 Å². The van der Waals surface area contributed by atoms with Gasteiger partial charge in [0, 0.05) is 11.1 Å². The Labute approximate surface area is 164 Å². The molecule has 2 aromatic rings. The highest BCUT2D eigenvalue weighted by Gasteiger charge is 2.13. The zero-order chi connectivity index (χ0) is 20.5. The molecule has 0 aliphatic carbocycles. The summed E-state index contributed by atoms with van der Waals surface area (Å²) in [6, 6.07) is 11.3. The summed E-state index contributed by atoms with van der Waals surface area (Å²) < 4.78 is 16.2. The fraction of sp³-hybridized carbons (Fsp3) is 0.238. The van der Waals surface area contributed by atoms with Crippen molar-refractivity contribution in [1.82, 2.24) is 10.9 Å². The van der Waals surface area contributed by atoms with Gasteiger partial charge in [0.2, 0.25) is 0 Å². The number of hydrogen-bond acceptors (Lipinski definition) is 5. The van der Waals surface area contributed by atoms with E-state index in [1.807, 2.05) is 13.8 Å². The monoisotopic (exact) mass is 384 g/mol. The zero-order valence-electron chi connectivity index (χ0n) is 16.2. The van der Waals surface area contributed by atoms with Gasteiger partial charge in [0.1, 0.15) is 12.4 Å². The minimum absolute atomic E-state index is 0.0458. The van der Waals surface area contributed by atoms with Gasteiger partial charge < -0.3 is 14.2 Å². The van der Waals surface area contributed by atoms with Crippen molar-refractivity contribution in [2.75, 3.05) is 13.7 Å². The molecule has 2 aromatic carbocycles. The van der Waals surface area contributed by atoms with Crippen LogP contribution in [-0.2, 0) is 0 Å². The van der Waals surface area contributed by atoms with E-state index < -0.39 is 11.8 Å². The molecule has 2 amide bonds. The van der Waals surface area contributed by atoms with Crippen molar-refractivity contribution in [2.45, 2.75) is 20.0 Å². The van der Waals surface area contributed by atoms with E-state index >= 15 is 0 Å². The van der Waals surface area contributed by atoms with Crippen LogP contribution < -0.4 is 25.1 Å². The van der Waals surface area contributed by atoms with Crippen molar-refractivity contribution in [2.24, 2.45) is 0 Å². The van der Waals surface area contributed by atoms with Crippen molar-refractivity contribution >= 4 is 11.8 Å². The zero-order valence-corrected chi connectivity index (χ0v) is 16.2. The third-order valence-electron chi connectivity index (χ3n) is 3.56. The first-order valence-corrected chi connectivity index (χ1v) is 8.73. The Hall–Kier alpha value is -3.48. The molecule has 0 aliphatic rings. The first-order valence-electron chi connectivity index (χ1n) is 8.73. The lowest BCUT2D eigenvalue weighted by Gasteiger charge is -2.12. The number of amides is 2. The summed E-state index contributed by atoms with van der Waals surface area (Å²) in [6.07, 6.45) is 1.65. The highest BCUT2D eigenvalue weighted by atomic mass is 16.5. The van der Waals surface area contributed by atoms with Crippen LogP contribution in [0, 0.1) is 0 Å². The summed E-state index contributed by atoms with van der Waals surface area (Å²) in [4.78, 5) is 24.5. The van der Waals surface area contributed by atoms with Crippen LogP contribution in [0.4, 0.5) is 0 Å². The summed E-state index contributed by atoms with van der Waals surface area (Å²) in [5.41, 5.74) is 5.45. The first kappa shape index (κ1) is 20.8. The standard InChI is InChI=1S/C21H24N2O5/c1-5-12-27-18-11-8-16(13-19(18)26-4)21(25)23-22-20(24)15-6-9-17(10-7-15)28-14(2)3/h5-11,13-14H,1,12H2,2-4H3,(H,22,24)(H,23,25). The van der Waals surface area contributed by atoms with Crippen LogP contribution in [0.2, 0.25) is 0 Å². The fourth-order valence-corrected chi connectivity index (χ4v) is 2.29. The molecule has 0 aromatic heterocycles. The average Bonchev–Trinajstić information content (AvgIpc) is 2.70. The Morgan fingerprint density at radius 3 is 2.18 bits per heavy atom. The van der Waals surface area contributed by atoms with E-state index in [1.165, 1.54) is 13.2 Å². The molecule has 0 saturated heterocycles. The van der Waals surface area contributed by atoms with Gasteiger partial charge in [0.05, 0.1) is 13.2 Å². The van der Waals surface area contributed by atoms with Gasteiger partial charge in [-0.2, -0.15) is 0 Å². The van der Waals surface area contributed by atoms with Crippen molar-refractivity contribution in [3.8, 4) is 17.2 Å². The van der Waals surface area contributed by atoms with Crippen molar-refractivity contribution in [1.29, 1.82) is 0 Å². The normalized spacial score (nSPS) is 10.1. The Kier molecular flexibility index (Phi) is 7.45. The highest BCUT2D eigenvalue weighted by molar-refractivity contribution is 5.99. The van der Waals surface area contributed by atoms with Gasteiger partial charge in [-0.05, 0) is 56.3 Å². The summed E-state index contributed by atoms with van der Waals surface area (Å²) in [5.74, 6) is 0.638. The van der Waals surface area contributed by atoms with Gasteiger partial charge in [0.25, 0.3) is 11.8 Å². The molecule has 0 unspecified atom stereocenters. The predicted octanol–water partition coefficient (Wildman–Crippen LogP) is 3.12. The lowest BCUT2D eigenvalue weighted by molar-refractivity contribution is 0.0846. The molecule has 2 rings (SSSR count). The van der Waals surface area contributed by atoms with Crippen molar-refractivity contribution in [3.63, 3.8) is 0 Å². The van der Waals surface area contributed by atoms with E-state index in [2.05, 4.69) is 17.4 Å². The van der Waals surface area contributed by atoms with Crippen LogP contribution in [0.25, 0.3) is 0 Å². The molecule has 28 heavy (non-hydrogen) atoms. The van der Waals surface area contributed by atoms with Gasteiger partial charge in [-0.1, -0.05) is 12.7 Å². The maximum Gasteiger partial charge on any atom is 0.269 e. The third kappa shape index (κ3) is 5.77. The second-order valence-corrected chi connectivity index (χ2v) is 6.06.